The largest absolute Gasteiger partial charge is 0.500 e. The van der Waals surface area contributed by atoms with E-state index in [0.29, 0.717) is 12.4 Å². The third-order valence-corrected chi connectivity index (χ3v) is 3.47. The number of esters is 1. The highest BCUT2D eigenvalue weighted by molar-refractivity contribution is 5.78. The van der Waals surface area contributed by atoms with Crippen LogP contribution >= 0.6 is 0 Å². The van der Waals surface area contributed by atoms with Gasteiger partial charge >= 0.3 is 5.97 Å². The van der Waals surface area contributed by atoms with Crippen molar-refractivity contribution in [3.05, 3.63) is 23.5 Å². The van der Waals surface area contributed by atoms with E-state index in [4.69, 9.17) is 14.2 Å². The second-order valence-electron chi connectivity index (χ2n) is 4.81. The SMILES string of the molecule is COC(=O)C1C=C[C@H]2C(=C1OC)COC[C@]2(C)O. The number of aliphatic hydroxyl groups is 1. The van der Waals surface area contributed by atoms with Gasteiger partial charge in [-0.1, -0.05) is 12.2 Å². The number of ether oxygens (including phenoxy) is 3. The van der Waals surface area contributed by atoms with Crippen LogP contribution in [0.25, 0.3) is 0 Å². The standard InChI is InChI=1S/C13H18O5/c1-13(15)7-18-6-9-10(13)5-4-8(11(9)16-2)12(14)17-3/h4-5,8,10,15H,6-7H2,1-3H3/t8?,10-,13-/m0/s1. The predicted octanol–water partition coefficient (Wildman–Crippen LogP) is 0.643. The quantitative estimate of drug-likeness (QED) is 0.579. The molecule has 1 fully saturated rings. The highest BCUT2D eigenvalue weighted by atomic mass is 16.5. The Morgan fingerprint density at radius 2 is 2.22 bits per heavy atom. The molecule has 18 heavy (non-hydrogen) atoms. The van der Waals surface area contributed by atoms with E-state index in [2.05, 4.69) is 0 Å². The lowest BCUT2D eigenvalue weighted by molar-refractivity contribution is -0.144. The second-order valence-corrected chi connectivity index (χ2v) is 4.81. The summed E-state index contributed by atoms with van der Waals surface area (Å²) < 4.78 is 15.4. The Hall–Kier alpha value is -1.33. The minimum Gasteiger partial charge on any atom is -0.500 e. The first-order valence-electron chi connectivity index (χ1n) is 5.84. The van der Waals surface area contributed by atoms with Gasteiger partial charge in [0.2, 0.25) is 0 Å². The Labute approximate surface area is 106 Å². The Kier molecular flexibility index (Phi) is 3.45. The maximum atomic E-state index is 11.7. The maximum Gasteiger partial charge on any atom is 0.320 e. The predicted molar refractivity (Wildman–Crippen MR) is 63.6 cm³/mol. The van der Waals surface area contributed by atoms with Crippen molar-refractivity contribution in [3.63, 3.8) is 0 Å². The average Bonchev–Trinajstić information content (AvgIpc) is 2.36. The van der Waals surface area contributed by atoms with E-state index in [1.54, 1.807) is 13.0 Å². The normalized spacial score (nSPS) is 35.1. The number of hydrogen-bond donors (Lipinski definition) is 1. The van der Waals surface area contributed by atoms with E-state index in [9.17, 15) is 9.90 Å². The Morgan fingerprint density at radius 1 is 1.50 bits per heavy atom. The van der Waals surface area contributed by atoms with Crippen molar-refractivity contribution >= 4 is 5.97 Å². The van der Waals surface area contributed by atoms with Gasteiger partial charge in [-0.05, 0) is 6.92 Å². The third kappa shape index (κ3) is 2.04. The summed E-state index contributed by atoms with van der Waals surface area (Å²) in [6, 6.07) is 0. The molecular weight excluding hydrogens is 236 g/mol. The van der Waals surface area contributed by atoms with Gasteiger partial charge in [-0.3, -0.25) is 4.79 Å². The lowest BCUT2D eigenvalue weighted by atomic mass is 9.76. The summed E-state index contributed by atoms with van der Waals surface area (Å²) >= 11 is 0. The van der Waals surface area contributed by atoms with Gasteiger partial charge in [0.05, 0.1) is 33.0 Å². The number of methoxy groups -OCH3 is 2. The first-order chi connectivity index (χ1) is 8.51. The first kappa shape index (κ1) is 13.1. The smallest absolute Gasteiger partial charge is 0.320 e. The van der Waals surface area contributed by atoms with Crippen molar-refractivity contribution in [2.24, 2.45) is 11.8 Å². The van der Waals surface area contributed by atoms with Crippen LogP contribution in [0.1, 0.15) is 6.92 Å². The van der Waals surface area contributed by atoms with E-state index in [1.807, 2.05) is 6.08 Å². The number of carbonyl (C=O) groups excluding carboxylic acids is 1. The van der Waals surface area contributed by atoms with Gasteiger partial charge in [-0.25, -0.2) is 0 Å². The molecule has 2 rings (SSSR count). The monoisotopic (exact) mass is 254 g/mol. The van der Waals surface area contributed by atoms with Crippen molar-refractivity contribution in [1.82, 2.24) is 0 Å². The highest BCUT2D eigenvalue weighted by Gasteiger charge is 2.43. The number of carbonyl (C=O) groups is 1. The summed E-state index contributed by atoms with van der Waals surface area (Å²) in [4.78, 5) is 11.7. The summed E-state index contributed by atoms with van der Waals surface area (Å²) in [5.41, 5.74) is -0.166. The van der Waals surface area contributed by atoms with Crippen LogP contribution < -0.4 is 0 Å². The van der Waals surface area contributed by atoms with E-state index in [0.717, 1.165) is 5.57 Å². The fourth-order valence-corrected chi connectivity index (χ4v) is 2.55. The molecule has 0 aromatic carbocycles. The lowest BCUT2D eigenvalue weighted by Gasteiger charge is -2.40. The topological polar surface area (TPSA) is 65.0 Å². The van der Waals surface area contributed by atoms with Gasteiger partial charge in [-0.15, -0.1) is 0 Å². The van der Waals surface area contributed by atoms with Crippen LogP contribution in [0.2, 0.25) is 0 Å². The average molecular weight is 254 g/mol. The van der Waals surface area contributed by atoms with Crippen molar-refractivity contribution in [1.29, 1.82) is 0 Å². The van der Waals surface area contributed by atoms with Gasteiger partial charge in [-0.2, -0.15) is 0 Å². The molecule has 1 saturated heterocycles. The van der Waals surface area contributed by atoms with Crippen LogP contribution in [0.15, 0.2) is 23.5 Å². The van der Waals surface area contributed by atoms with Gasteiger partial charge in [0.25, 0.3) is 0 Å². The minimum atomic E-state index is -0.977. The molecule has 0 spiro atoms. The van der Waals surface area contributed by atoms with Crippen LogP contribution in [0.5, 0.6) is 0 Å². The van der Waals surface area contributed by atoms with Crippen molar-refractivity contribution in [2.45, 2.75) is 12.5 Å². The van der Waals surface area contributed by atoms with Crippen molar-refractivity contribution < 1.29 is 24.1 Å². The van der Waals surface area contributed by atoms with Gasteiger partial charge < -0.3 is 19.3 Å². The van der Waals surface area contributed by atoms with E-state index in [-0.39, 0.29) is 18.5 Å². The van der Waals surface area contributed by atoms with Crippen LogP contribution in [0.4, 0.5) is 0 Å². The zero-order chi connectivity index (χ0) is 13.3. The van der Waals surface area contributed by atoms with Crippen LogP contribution in [0.3, 0.4) is 0 Å². The minimum absolute atomic E-state index is 0.179. The zero-order valence-corrected chi connectivity index (χ0v) is 10.8. The van der Waals surface area contributed by atoms with Crippen LogP contribution in [-0.2, 0) is 19.0 Å². The molecule has 5 nitrogen and oxygen atoms in total. The summed E-state index contributed by atoms with van der Waals surface area (Å²) in [5.74, 6) is -0.584. The molecule has 0 amide bonds. The number of hydrogen-bond acceptors (Lipinski definition) is 5. The molecule has 1 heterocycles. The molecule has 1 aliphatic heterocycles. The molecule has 0 saturated carbocycles. The van der Waals surface area contributed by atoms with Crippen LogP contribution in [0, 0.1) is 11.8 Å². The molecule has 1 aliphatic carbocycles. The molecule has 1 unspecified atom stereocenters. The molecular formula is C13H18O5. The van der Waals surface area contributed by atoms with E-state index >= 15 is 0 Å². The molecule has 2 aliphatic rings. The van der Waals surface area contributed by atoms with Gasteiger partial charge in [0.15, 0.2) is 0 Å². The van der Waals surface area contributed by atoms with Crippen LogP contribution in [-0.4, -0.2) is 44.1 Å². The molecule has 0 aromatic rings. The molecule has 0 bridgehead atoms. The molecule has 100 valence electrons. The Morgan fingerprint density at radius 3 is 2.83 bits per heavy atom. The van der Waals surface area contributed by atoms with Crippen molar-refractivity contribution in [2.75, 3.05) is 27.4 Å². The highest BCUT2D eigenvalue weighted by Crippen LogP contribution is 2.39. The first-order valence-corrected chi connectivity index (χ1v) is 5.84. The maximum absolute atomic E-state index is 11.7. The summed E-state index contributed by atoms with van der Waals surface area (Å²) in [6.07, 6.45) is 3.56. The van der Waals surface area contributed by atoms with Gasteiger partial charge in [0, 0.05) is 11.5 Å². The molecule has 0 aromatic heterocycles. The molecule has 1 N–H and O–H groups in total. The Balaban J connectivity index is 2.39. The summed E-state index contributed by atoms with van der Waals surface area (Å²) in [6.45, 7) is 2.35. The fraction of sp³-hybridized carbons (Fsp3) is 0.615. The van der Waals surface area contributed by atoms with E-state index in [1.165, 1.54) is 14.2 Å². The zero-order valence-electron chi connectivity index (χ0n) is 10.8. The second kappa shape index (κ2) is 4.74. The number of rotatable bonds is 2. The lowest BCUT2D eigenvalue weighted by Crippen LogP contribution is -2.46. The van der Waals surface area contributed by atoms with Gasteiger partial charge in [0.1, 0.15) is 11.7 Å². The molecule has 5 heteroatoms. The Bertz CT molecular complexity index is 408. The van der Waals surface area contributed by atoms with Crippen molar-refractivity contribution in [3.8, 4) is 0 Å². The number of fused-ring (bicyclic) bond motifs is 1. The summed E-state index contributed by atoms with van der Waals surface area (Å²) in [7, 11) is 2.85. The summed E-state index contributed by atoms with van der Waals surface area (Å²) in [5, 5.41) is 10.3. The fourth-order valence-electron chi connectivity index (χ4n) is 2.55. The van der Waals surface area contributed by atoms with E-state index < -0.39 is 11.5 Å². The molecule has 3 atom stereocenters. The molecule has 0 radical (unpaired) electrons. The third-order valence-electron chi connectivity index (χ3n) is 3.47.